The number of hydrogen-bond donors (Lipinski definition) is 1. The number of nitrogens with zero attached hydrogens (tertiary/aromatic N) is 3. The first-order chi connectivity index (χ1) is 12.4. The summed E-state index contributed by atoms with van der Waals surface area (Å²) >= 11 is 5.87. The van der Waals surface area contributed by atoms with Gasteiger partial charge in [0.2, 0.25) is 5.95 Å². The molecule has 0 spiro atoms. The predicted molar refractivity (Wildman–Crippen MR) is 103 cm³/mol. The number of amides is 1. The predicted octanol–water partition coefficient (Wildman–Crippen LogP) is 3.92. The second-order valence-electron chi connectivity index (χ2n) is 6.84. The summed E-state index contributed by atoms with van der Waals surface area (Å²) in [7, 11) is 0. The van der Waals surface area contributed by atoms with Crippen molar-refractivity contribution in [1.29, 1.82) is 0 Å². The third-order valence-electron chi connectivity index (χ3n) is 4.27. The van der Waals surface area contributed by atoms with Crippen LogP contribution in [0.15, 0.2) is 36.7 Å². The van der Waals surface area contributed by atoms with Gasteiger partial charge in [0, 0.05) is 18.1 Å². The molecule has 0 saturated carbocycles. The molecule has 3 rings (SSSR count). The van der Waals surface area contributed by atoms with Crippen LogP contribution in [-0.2, 0) is 4.79 Å². The second-order valence-corrected chi connectivity index (χ2v) is 7.28. The van der Waals surface area contributed by atoms with Gasteiger partial charge < -0.3 is 15.0 Å². The number of nitrogens with one attached hydrogen (secondary N) is 1. The monoisotopic (exact) mass is 374 g/mol. The highest BCUT2D eigenvalue weighted by molar-refractivity contribution is 6.30. The average Bonchev–Trinajstić information content (AvgIpc) is 2.65. The van der Waals surface area contributed by atoms with Crippen molar-refractivity contribution < 1.29 is 9.53 Å². The van der Waals surface area contributed by atoms with E-state index in [1.165, 1.54) is 6.42 Å². The quantitative estimate of drug-likeness (QED) is 0.859. The van der Waals surface area contributed by atoms with Crippen LogP contribution in [0.3, 0.4) is 0 Å². The van der Waals surface area contributed by atoms with Crippen molar-refractivity contribution in [1.82, 2.24) is 9.97 Å². The van der Waals surface area contributed by atoms with Gasteiger partial charge in [-0.25, -0.2) is 9.97 Å². The third-order valence-corrected chi connectivity index (χ3v) is 4.52. The molecule has 0 atom stereocenters. The molecule has 138 valence electrons. The lowest BCUT2D eigenvalue weighted by atomic mass is 10.1. The van der Waals surface area contributed by atoms with Crippen molar-refractivity contribution in [2.45, 2.75) is 38.7 Å². The number of carbonyl (C=O) groups excluding carboxylic acids is 1. The number of benzene rings is 1. The molecule has 1 aromatic carbocycles. The van der Waals surface area contributed by atoms with Crippen molar-refractivity contribution in [3.05, 3.63) is 41.7 Å². The Morgan fingerprint density at radius 3 is 2.35 bits per heavy atom. The Kier molecular flexibility index (Phi) is 5.61. The molecule has 2 heterocycles. The fourth-order valence-corrected chi connectivity index (χ4v) is 2.89. The summed E-state index contributed by atoms with van der Waals surface area (Å²) in [4.78, 5) is 23.5. The Hall–Kier alpha value is -2.34. The third kappa shape index (κ3) is 4.64. The largest absolute Gasteiger partial charge is 0.478 e. The highest BCUT2D eigenvalue weighted by Crippen LogP contribution is 2.22. The van der Waals surface area contributed by atoms with E-state index >= 15 is 0 Å². The Morgan fingerprint density at radius 1 is 1.12 bits per heavy atom. The van der Waals surface area contributed by atoms with Crippen molar-refractivity contribution in [2.24, 2.45) is 0 Å². The van der Waals surface area contributed by atoms with Crippen LogP contribution in [0, 0.1) is 0 Å². The molecule has 1 aromatic heterocycles. The molecule has 1 aliphatic rings. The van der Waals surface area contributed by atoms with Gasteiger partial charge in [-0.2, -0.15) is 0 Å². The number of piperidine rings is 1. The van der Waals surface area contributed by atoms with Gasteiger partial charge in [0.25, 0.3) is 5.91 Å². The van der Waals surface area contributed by atoms with Gasteiger partial charge in [-0.3, -0.25) is 4.79 Å². The molecule has 0 bridgehead atoms. The van der Waals surface area contributed by atoms with Crippen LogP contribution in [0.5, 0.6) is 5.75 Å². The standard InChI is InChI=1S/C19H23ClN4O2/c1-19(2,26-16-8-6-14(20)7-9-16)17(25)23-15-12-21-18(22-13-15)24-10-4-3-5-11-24/h6-9,12-13H,3-5,10-11H2,1-2H3,(H,23,25). The zero-order chi connectivity index (χ0) is 18.6. The molecule has 7 heteroatoms. The van der Waals surface area contributed by atoms with Crippen LogP contribution in [0.25, 0.3) is 0 Å². The number of carbonyl (C=O) groups is 1. The topological polar surface area (TPSA) is 67.3 Å². The number of ether oxygens (including phenoxy) is 1. The SMILES string of the molecule is CC(C)(Oc1ccc(Cl)cc1)C(=O)Nc1cnc(N2CCCCC2)nc1. The first-order valence-corrected chi connectivity index (χ1v) is 9.15. The van der Waals surface area contributed by atoms with Gasteiger partial charge in [0.1, 0.15) is 5.75 Å². The molecule has 2 aromatic rings. The Labute approximate surface area is 158 Å². The summed E-state index contributed by atoms with van der Waals surface area (Å²) in [6.45, 7) is 5.38. The van der Waals surface area contributed by atoms with E-state index in [9.17, 15) is 4.79 Å². The summed E-state index contributed by atoms with van der Waals surface area (Å²) in [6, 6.07) is 6.90. The van der Waals surface area contributed by atoms with E-state index in [0.29, 0.717) is 22.4 Å². The molecular weight excluding hydrogens is 352 g/mol. The van der Waals surface area contributed by atoms with E-state index in [-0.39, 0.29) is 5.91 Å². The van der Waals surface area contributed by atoms with Crippen molar-refractivity contribution >= 4 is 29.1 Å². The normalized spacial score (nSPS) is 14.8. The minimum Gasteiger partial charge on any atom is -0.478 e. The van der Waals surface area contributed by atoms with E-state index in [0.717, 1.165) is 25.9 Å². The number of hydrogen-bond acceptors (Lipinski definition) is 5. The molecule has 1 fully saturated rings. The van der Waals surface area contributed by atoms with Crippen LogP contribution in [0.2, 0.25) is 5.02 Å². The highest BCUT2D eigenvalue weighted by Gasteiger charge is 2.30. The average molecular weight is 375 g/mol. The molecule has 26 heavy (non-hydrogen) atoms. The van der Waals surface area contributed by atoms with Crippen molar-refractivity contribution in [3.63, 3.8) is 0 Å². The van der Waals surface area contributed by atoms with Gasteiger partial charge in [-0.05, 0) is 57.4 Å². The van der Waals surface area contributed by atoms with Crippen LogP contribution in [-0.4, -0.2) is 34.6 Å². The van der Waals surface area contributed by atoms with Crippen LogP contribution in [0.4, 0.5) is 11.6 Å². The number of halogens is 1. The van der Waals surface area contributed by atoms with Crippen molar-refractivity contribution in [2.75, 3.05) is 23.3 Å². The maximum absolute atomic E-state index is 12.6. The number of aromatic nitrogens is 2. The van der Waals surface area contributed by atoms with Crippen LogP contribution >= 0.6 is 11.6 Å². The van der Waals surface area contributed by atoms with E-state index in [2.05, 4.69) is 20.2 Å². The first kappa shape index (κ1) is 18.5. The van der Waals surface area contributed by atoms with Gasteiger partial charge in [-0.1, -0.05) is 11.6 Å². The summed E-state index contributed by atoms with van der Waals surface area (Å²) in [5.74, 6) is 1.01. The van der Waals surface area contributed by atoms with E-state index in [1.807, 2.05) is 0 Å². The zero-order valence-electron chi connectivity index (χ0n) is 15.0. The number of rotatable bonds is 5. The Balaban J connectivity index is 1.61. The maximum atomic E-state index is 12.6. The van der Waals surface area contributed by atoms with E-state index < -0.39 is 5.60 Å². The Bertz CT molecular complexity index is 741. The summed E-state index contributed by atoms with van der Waals surface area (Å²) in [6.07, 6.45) is 6.85. The molecule has 1 amide bonds. The molecule has 0 radical (unpaired) electrons. The fraction of sp³-hybridized carbons (Fsp3) is 0.421. The fourth-order valence-electron chi connectivity index (χ4n) is 2.77. The second kappa shape index (κ2) is 7.91. The van der Waals surface area contributed by atoms with E-state index in [4.69, 9.17) is 16.3 Å². The molecule has 1 aliphatic heterocycles. The zero-order valence-corrected chi connectivity index (χ0v) is 15.8. The Morgan fingerprint density at radius 2 is 1.73 bits per heavy atom. The molecule has 0 aliphatic carbocycles. The maximum Gasteiger partial charge on any atom is 0.268 e. The summed E-state index contributed by atoms with van der Waals surface area (Å²) < 4.78 is 5.79. The first-order valence-electron chi connectivity index (χ1n) is 8.77. The molecule has 1 N–H and O–H groups in total. The van der Waals surface area contributed by atoms with Crippen molar-refractivity contribution in [3.8, 4) is 5.75 Å². The summed E-state index contributed by atoms with van der Waals surface area (Å²) in [5.41, 5.74) is -0.511. The number of anilines is 2. The smallest absolute Gasteiger partial charge is 0.268 e. The van der Waals surface area contributed by atoms with Gasteiger partial charge in [-0.15, -0.1) is 0 Å². The van der Waals surface area contributed by atoms with Crippen LogP contribution in [0.1, 0.15) is 33.1 Å². The van der Waals surface area contributed by atoms with Gasteiger partial charge in [0.15, 0.2) is 5.60 Å². The molecule has 6 nitrogen and oxygen atoms in total. The lowest BCUT2D eigenvalue weighted by Gasteiger charge is -2.27. The lowest BCUT2D eigenvalue weighted by Crippen LogP contribution is -2.42. The minimum atomic E-state index is -1.06. The molecule has 1 saturated heterocycles. The van der Waals surface area contributed by atoms with E-state index in [1.54, 1.807) is 50.5 Å². The highest BCUT2D eigenvalue weighted by atomic mass is 35.5. The summed E-state index contributed by atoms with van der Waals surface area (Å²) in [5, 5.41) is 3.43. The minimum absolute atomic E-state index is 0.276. The lowest BCUT2D eigenvalue weighted by molar-refractivity contribution is -0.128. The molecular formula is C19H23ClN4O2. The molecule has 0 unspecified atom stereocenters. The van der Waals surface area contributed by atoms with Crippen LogP contribution < -0.4 is 15.0 Å². The van der Waals surface area contributed by atoms with Gasteiger partial charge >= 0.3 is 0 Å². The van der Waals surface area contributed by atoms with Gasteiger partial charge in [0.05, 0.1) is 18.1 Å².